The van der Waals surface area contributed by atoms with Crippen LogP contribution in [0, 0.1) is 6.92 Å². The van der Waals surface area contributed by atoms with E-state index < -0.39 is 22.1 Å². The number of imidazole rings is 1. The molecule has 2 heterocycles. The summed E-state index contributed by atoms with van der Waals surface area (Å²) in [6, 6.07) is 11.4. The number of sulfonamides is 1. The number of nitrogens with zero attached hydrogens (tertiary/aromatic N) is 4. The maximum absolute atomic E-state index is 12.6. The van der Waals surface area contributed by atoms with E-state index in [1.807, 2.05) is 0 Å². The van der Waals surface area contributed by atoms with Gasteiger partial charge >= 0.3 is 12.1 Å². The van der Waals surface area contributed by atoms with E-state index in [2.05, 4.69) is 24.4 Å². The Morgan fingerprint density at radius 2 is 1.94 bits per heavy atom. The molecule has 0 atom stereocenters. The van der Waals surface area contributed by atoms with Gasteiger partial charge in [0.05, 0.1) is 22.3 Å². The molecule has 8 nitrogen and oxygen atoms in total. The summed E-state index contributed by atoms with van der Waals surface area (Å²) in [4.78, 5) is 7.81. The average molecular weight is 451 g/mol. The molecule has 12 heteroatoms. The minimum Gasteiger partial charge on any atom is -0.329 e. The zero-order valence-corrected chi connectivity index (χ0v) is 16.9. The van der Waals surface area contributed by atoms with E-state index in [9.17, 15) is 21.6 Å². The number of aromatic nitrogens is 4. The molecule has 0 spiro atoms. The van der Waals surface area contributed by atoms with Gasteiger partial charge in [-0.25, -0.2) is 18.1 Å². The van der Waals surface area contributed by atoms with Crippen LogP contribution in [0.25, 0.3) is 22.4 Å². The van der Waals surface area contributed by atoms with Crippen LogP contribution >= 0.6 is 0 Å². The maximum Gasteiger partial charge on any atom is 0.471 e. The van der Waals surface area contributed by atoms with Gasteiger partial charge in [0.1, 0.15) is 0 Å². The molecular weight excluding hydrogens is 435 g/mol. The van der Waals surface area contributed by atoms with Gasteiger partial charge in [-0.05, 0) is 36.8 Å². The number of hydrogen-bond donors (Lipinski definition) is 1. The third-order valence-electron chi connectivity index (χ3n) is 4.58. The summed E-state index contributed by atoms with van der Waals surface area (Å²) in [6.45, 7) is 2.15. The highest BCUT2D eigenvalue weighted by Gasteiger charge is 2.38. The Bertz CT molecular complexity index is 1350. The van der Waals surface area contributed by atoms with Gasteiger partial charge in [-0.2, -0.15) is 18.2 Å². The van der Waals surface area contributed by atoms with Crippen molar-refractivity contribution in [1.82, 2.24) is 24.4 Å². The summed E-state index contributed by atoms with van der Waals surface area (Å²) in [5.74, 6) is -1.62. The van der Waals surface area contributed by atoms with Crippen molar-refractivity contribution in [2.45, 2.75) is 24.5 Å². The Morgan fingerprint density at radius 3 is 2.65 bits per heavy atom. The lowest BCUT2D eigenvalue weighted by atomic mass is 10.2. The SMILES string of the molecule is Cc1ccccc1S(=O)(=O)NCCn1cnc2cc(-c3noc(C(F)(F)F)n3)ccc21. The molecule has 2 aromatic heterocycles. The Morgan fingerprint density at radius 1 is 1.16 bits per heavy atom. The summed E-state index contributed by atoms with van der Waals surface area (Å²) >= 11 is 0. The monoisotopic (exact) mass is 451 g/mol. The summed E-state index contributed by atoms with van der Waals surface area (Å²) < 4.78 is 71.4. The first-order valence-electron chi connectivity index (χ1n) is 9.06. The van der Waals surface area contributed by atoms with E-state index in [0.717, 1.165) is 0 Å². The number of alkyl halides is 3. The lowest BCUT2D eigenvalue weighted by Gasteiger charge is -2.10. The van der Waals surface area contributed by atoms with E-state index in [1.54, 1.807) is 41.8 Å². The van der Waals surface area contributed by atoms with Crippen molar-refractivity contribution < 1.29 is 26.1 Å². The van der Waals surface area contributed by atoms with E-state index in [-0.39, 0.29) is 17.3 Å². The van der Waals surface area contributed by atoms with Crippen LogP contribution in [0.1, 0.15) is 11.5 Å². The topological polar surface area (TPSA) is 103 Å². The molecule has 31 heavy (non-hydrogen) atoms. The van der Waals surface area contributed by atoms with Gasteiger partial charge in [0.2, 0.25) is 15.8 Å². The third kappa shape index (κ3) is 4.30. The fourth-order valence-corrected chi connectivity index (χ4v) is 4.34. The Balaban J connectivity index is 1.49. The van der Waals surface area contributed by atoms with Gasteiger partial charge in [0.15, 0.2) is 0 Å². The molecule has 4 rings (SSSR count). The van der Waals surface area contributed by atoms with Crippen molar-refractivity contribution in [3.05, 3.63) is 60.2 Å². The zero-order valence-electron chi connectivity index (χ0n) is 16.1. The molecule has 0 fully saturated rings. The van der Waals surface area contributed by atoms with Crippen LogP contribution in [0.2, 0.25) is 0 Å². The van der Waals surface area contributed by atoms with E-state index in [0.29, 0.717) is 28.7 Å². The average Bonchev–Trinajstić information content (AvgIpc) is 3.35. The van der Waals surface area contributed by atoms with Crippen LogP contribution in [-0.2, 0) is 22.7 Å². The molecule has 0 aliphatic rings. The quantitative estimate of drug-likeness (QED) is 0.482. The zero-order chi connectivity index (χ0) is 22.2. The minimum atomic E-state index is -4.72. The van der Waals surface area contributed by atoms with Crippen LogP contribution < -0.4 is 4.72 Å². The standard InChI is InChI=1S/C19H16F3N5O3S/c1-12-4-2-3-5-16(12)31(28,29)24-8-9-27-11-23-14-10-13(6-7-15(14)27)17-25-18(30-26-17)19(20,21)22/h2-7,10-11,24H,8-9H2,1H3. The van der Waals surface area contributed by atoms with Gasteiger partial charge in [0.25, 0.3) is 0 Å². The number of rotatable bonds is 6. The molecule has 0 aliphatic carbocycles. The smallest absolute Gasteiger partial charge is 0.329 e. The predicted octanol–water partition coefficient (Wildman–Crippen LogP) is 3.39. The van der Waals surface area contributed by atoms with E-state index in [1.165, 1.54) is 18.5 Å². The first-order valence-corrected chi connectivity index (χ1v) is 10.5. The second kappa shape index (κ2) is 7.78. The molecule has 0 amide bonds. The predicted molar refractivity (Wildman–Crippen MR) is 104 cm³/mol. The summed E-state index contributed by atoms with van der Waals surface area (Å²) in [5, 5.41) is 3.36. The fourth-order valence-electron chi connectivity index (χ4n) is 3.07. The van der Waals surface area contributed by atoms with Crippen molar-refractivity contribution in [1.29, 1.82) is 0 Å². The lowest BCUT2D eigenvalue weighted by molar-refractivity contribution is -0.159. The van der Waals surface area contributed by atoms with Crippen molar-refractivity contribution >= 4 is 21.1 Å². The molecule has 4 aromatic rings. The number of aryl methyl sites for hydroxylation is 1. The number of hydrogen-bond acceptors (Lipinski definition) is 6. The second-order valence-corrected chi connectivity index (χ2v) is 8.46. The van der Waals surface area contributed by atoms with Crippen LogP contribution in [0.5, 0.6) is 0 Å². The molecular formula is C19H16F3N5O3S. The van der Waals surface area contributed by atoms with Crippen LogP contribution in [0.4, 0.5) is 13.2 Å². The summed E-state index contributed by atoms with van der Waals surface area (Å²) in [7, 11) is -3.65. The lowest BCUT2D eigenvalue weighted by Crippen LogP contribution is -2.27. The van der Waals surface area contributed by atoms with E-state index >= 15 is 0 Å². The van der Waals surface area contributed by atoms with Gasteiger partial charge in [0, 0.05) is 18.7 Å². The third-order valence-corrected chi connectivity index (χ3v) is 6.20. The Kier molecular flexibility index (Phi) is 5.27. The van der Waals surface area contributed by atoms with Crippen molar-refractivity contribution in [2.75, 3.05) is 6.54 Å². The van der Waals surface area contributed by atoms with Crippen LogP contribution in [-0.4, -0.2) is 34.7 Å². The van der Waals surface area contributed by atoms with Crippen LogP contribution in [0.3, 0.4) is 0 Å². The normalized spacial score (nSPS) is 12.5. The highest BCUT2D eigenvalue weighted by atomic mass is 32.2. The first kappa shape index (κ1) is 21.0. The summed E-state index contributed by atoms with van der Waals surface area (Å²) in [6.07, 6.45) is -3.20. The van der Waals surface area contributed by atoms with Crippen molar-refractivity contribution in [2.24, 2.45) is 0 Å². The van der Waals surface area contributed by atoms with Gasteiger partial charge in [-0.1, -0.05) is 23.4 Å². The molecule has 0 saturated carbocycles. The second-order valence-electron chi connectivity index (χ2n) is 6.73. The largest absolute Gasteiger partial charge is 0.471 e. The fraction of sp³-hybridized carbons (Fsp3) is 0.211. The molecule has 1 N–H and O–H groups in total. The van der Waals surface area contributed by atoms with Crippen molar-refractivity contribution in [3.63, 3.8) is 0 Å². The molecule has 0 radical (unpaired) electrons. The summed E-state index contributed by atoms with van der Waals surface area (Å²) in [5.41, 5.74) is 2.14. The number of fused-ring (bicyclic) bond motifs is 1. The Labute approximate surface area is 174 Å². The molecule has 0 unspecified atom stereocenters. The minimum absolute atomic E-state index is 0.129. The van der Waals surface area contributed by atoms with Crippen LogP contribution in [0.15, 0.2) is 58.2 Å². The highest BCUT2D eigenvalue weighted by molar-refractivity contribution is 7.89. The van der Waals surface area contributed by atoms with E-state index in [4.69, 9.17) is 0 Å². The highest BCUT2D eigenvalue weighted by Crippen LogP contribution is 2.30. The maximum atomic E-state index is 12.6. The van der Waals surface area contributed by atoms with Gasteiger partial charge < -0.3 is 9.09 Å². The molecule has 0 aliphatic heterocycles. The molecule has 162 valence electrons. The molecule has 2 aromatic carbocycles. The Hall–Kier alpha value is -3.25. The van der Waals surface area contributed by atoms with Gasteiger partial charge in [-0.3, -0.25) is 0 Å². The number of benzene rings is 2. The molecule has 0 bridgehead atoms. The number of nitrogens with one attached hydrogen (secondary N) is 1. The van der Waals surface area contributed by atoms with Gasteiger partial charge in [-0.15, -0.1) is 0 Å². The first-order chi connectivity index (χ1) is 14.6. The molecule has 0 saturated heterocycles. The van der Waals surface area contributed by atoms with Crippen molar-refractivity contribution in [3.8, 4) is 11.4 Å². The number of halogens is 3.